The van der Waals surface area contributed by atoms with Crippen LogP contribution in [-0.4, -0.2) is 54.3 Å². The molecule has 1 spiro atoms. The molecular formula is C28H42FN3O2. The molecular weight excluding hydrogens is 429 g/mol. The van der Waals surface area contributed by atoms with Crippen LogP contribution in [0.15, 0.2) is 18.2 Å². The normalized spacial score (nSPS) is 23.6. The third kappa shape index (κ3) is 5.64. The van der Waals surface area contributed by atoms with Crippen LogP contribution in [0.3, 0.4) is 0 Å². The third-order valence-electron chi connectivity index (χ3n) is 8.49. The van der Waals surface area contributed by atoms with E-state index in [1.807, 2.05) is 11.0 Å². The molecule has 2 heterocycles. The Hall–Kier alpha value is -1.95. The summed E-state index contributed by atoms with van der Waals surface area (Å²) in [4.78, 5) is 29.1. The zero-order valence-corrected chi connectivity index (χ0v) is 21.5. The lowest BCUT2D eigenvalue weighted by Crippen LogP contribution is -2.48. The van der Waals surface area contributed by atoms with Gasteiger partial charge in [-0.25, -0.2) is 4.39 Å². The average Bonchev–Trinajstić information content (AvgIpc) is 2.80. The molecule has 1 aromatic rings. The summed E-state index contributed by atoms with van der Waals surface area (Å²) in [5, 5.41) is 3.30. The summed E-state index contributed by atoms with van der Waals surface area (Å²) in [6, 6.07) is 5.13. The van der Waals surface area contributed by atoms with E-state index in [9.17, 15) is 14.0 Å². The van der Waals surface area contributed by atoms with E-state index < -0.39 is 0 Å². The summed E-state index contributed by atoms with van der Waals surface area (Å²) >= 11 is 0. The highest BCUT2D eigenvalue weighted by atomic mass is 19.1. The molecule has 2 aliphatic heterocycles. The fraction of sp³-hybridized carbons (Fsp3) is 0.714. The Morgan fingerprint density at radius 3 is 2.35 bits per heavy atom. The van der Waals surface area contributed by atoms with E-state index in [-0.39, 0.29) is 35.0 Å². The van der Waals surface area contributed by atoms with Gasteiger partial charge in [0, 0.05) is 25.9 Å². The van der Waals surface area contributed by atoms with E-state index >= 15 is 0 Å². The van der Waals surface area contributed by atoms with Gasteiger partial charge in [-0.05, 0) is 98.7 Å². The summed E-state index contributed by atoms with van der Waals surface area (Å²) < 4.78 is 14.4. The Kier molecular flexibility index (Phi) is 7.37. The number of hydrogen-bond acceptors (Lipinski definition) is 3. The zero-order valence-electron chi connectivity index (χ0n) is 21.5. The van der Waals surface area contributed by atoms with Crippen molar-refractivity contribution in [3.8, 4) is 0 Å². The maximum Gasteiger partial charge on any atom is 0.223 e. The van der Waals surface area contributed by atoms with Gasteiger partial charge in [-0.1, -0.05) is 26.8 Å². The molecule has 2 amide bonds. The second kappa shape index (κ2) is 9.96. The molecule has 1 atom stereocenters. The predicted molar refractivity (Wildman–Crippen MR) is 133 cm³/mol. The first-order valence-corrected chi connectivity index (χ1v) is 13.1. The molecule has 0 aromatic heterocycles. The molecule has 0 unspecified atom stereocenters. The van der Waals surface area contributed by atoms with Gasteiger partial charge in [0.1, 0.15) is 5.82 Å². The van der Waals surface area contributed by atoms with Gasteiger partial charge in [0.05, 0.1) is 6.04 Å². The van der Waals surface area contributed by atoms with Crippen molar-refractivity contribution in [1.29, 1.82) is 0 Å². The summed E-state index contributed by atoms with van der Waals surface area (Å²) in [7, 11) is 0. The molecule has 0 radical (unpaired) electrons. The average molecular weight is 472 g/mol. The molecule has 5 nitrogen and oxygen atoms in total. The highest BCUT2D eigenvalue weighted by Crippen LogP contribution is 2.48. The fourth-order valence-corrected chi connectivity index (χ4v) is 6.12. The van der Waals surface area contributed by atoms with E-state index in [1.165, 1.54) is 6.42 Å². The summed E-state index contributed by atoms with van der Waals surface area (Å²) in [5.74, 6) is -0.0772. The van der Waals surface area contributed by atoms with Crippen molar-refractivity contribution in [3.05, 3.63) is 35.1 Å². The van der Waals surface area contributed by atoms with Crippen LogP contribution in [0.25, 0.3) is 0 Å². The maximum atomic E-state index is 14.4. The van der Waals surface area contributed by atoms with E-state index in [2.05, 4.69) is 31.0 Å². The Morgan fingerprint density at radius 2 is 1.74 bits per heavy atom. The monoisotopic (exact) mass is 471 g/mol. The van der Waals surface area contributed by atoms with Gasteiger partial charge in [0.15, 0.2) is 0 Å². The molecule has 1 aliphatic carbocycles. The molecule has 6 heteroatoms. The van der Waals surface area contributed by atoms with Crippen molar-refractivity contribution < 1.29 is 14.0 Å². The molecule has 0 bridgehead atoms. The van der Waals surface area contributed by atoms with Crippen LogP contribution in [0, 0.1) is 17.2 Å². The number of hydrogen-bond donors (Lipinski definition) is 1. The summed E-state index contributed by atoms with van der Waals surface area (Å²) in [6.07, 6.45) is 6.61. The lowest BCUT2D eigenvalue weighted by atomic mass is 9.63. The SMILES string of the molecule is CC(=O)N1CCC(C(=O)N[C@H]2CCC3(CCN(CCC(C)(C)C)CC3)c3cc(F)ccc32)CC1. The number of likely N-dealkylation sites (tertiary alicyclic amines) is 2. The molecule has 34 heavy (non-hydrogen) atoms. The quantitative estimate of drug-likeness (QED) is 0.686. The van der Waals surface area contributed by atoms with Crippen LogP contribution >= 0.6 is 0 Å². The lowest BCUT2D eigenvalue weighted by Gasteiger charge is -2.47. The van der Waals surface area contributed by atoms with Gasteiger partial charge in [-0.3, -0.25) is 9.59 Å². The highest BCUT2D eigenvalue weighted by Gasteiger charge is 2.43. The number of amides is 2. The van der Waals surface area contributed by atoms with Crippen LogP contribution in [0.5, 0.6) is 0 Å². The zero-order chi connectivity index (χ0) is 24.5. The smallest absolute Gasteiger partial charge is 0.223 e. The van der Waals surface area contributed by atoms with Crippen molar-refractivity contribution in [3.63, 3.8) is 0 Å². The number of rotatable bonds is 4. The molecule has 3 aliphatic rings. The maximum absolute atomic E-state index is 14.4. The minimum atomic E-state index is -0.183. The predicted octanol–water partition coefficient (Wildman–Crippen LogP) is 4.81. The van der Waals surface area contributed by atoms with Gasteiger partial charge in [-0.15, -0.1) is 0 Å². The van der Waals surface area contributed by atoms with Gasteiger partial charge in [0.2, 0.25) is 11.8 Å². The number of halogens is 1. The van der Waals surface area contributed by atoms with Gasteiger partial charge in [-0.2, -0.15) is 0 Å². The van der Waals surface area contributed by atoms with Crippen LogP contribution in [0.4, 0.5) is 4.39 Å². The van der Waals surface area contributed by atoms with E-state index in [0.717, 1.165) is 56.4 Å². The number of nitrogens with zero attached hydrogens (tertiary/aromatic N) is 2. The van der Waals surface area contributed by atoms with Crippen LogP contribution in [-0.2, 0) is 15.0 Å². The molecule has 188 valence electrons. The second-order valence-electron chi connectivity index (χ2n) is 12.0. The first kappa shape index (κ1) is 25.2. The van der Waals surface area contributed by atoms with E-state index in [4.69, 9.17) is 0 Å². The minimum absolute atomic E-state index is 0.0176. The topological polar surface area (TPSA) is 52.7 Å². The summed E-state index contributed by atoms with van der Waals surface area (Å²) in [5.41, 5.74) is 2.57. The van der Waals surface area contributed by atoms with E-state index in [0.29, 0.717) is 31.3 Å². The van der Waals surface area contributed by atoms with Crippen LogP contribution in [0.1, 0.15) is 89.8 Å². The number of nitrogens with one attached hydrogen (secondary N) is 1. The Balaban J connectivity index is 1.43. The Morgan fingerprint density at radius 1 is 1.06 bits per heavy atom. The molecule has 0 saturated carbocycles. The minimum Gasteiger partial charge on any atom is -0.349 e. The van der Waals surface area contributed by atoms with Crippen molar-refractivity contribution in [1.82, 2.24) is 15.1 Å². The Labute approximate surface area is 204 Å². The number of benzene rings is 1. The van der Waals surface area contributed by atoms with Crippen molar-refractivity contribution in [2.75, 3.05) is 32.7 Å². The van der Waals surface area contributed by atoms with Crippen LogP contribution in [0.2, 0.25) is 0 Å². The van der Waals surface area contributed by atoms with Crippen molar-refractivity contribution in [2.24, 2.45) is 11.3 Å². The lowest BCUT2D eigenvalue weighted by molar-refractivity contribution is -0.134. The Bertz CT molecular complexity index is 893. The van der Waals surface area contributed by atoms with Crippen molar-refractivity contribution in [2.45, 2.75) is 84.1 Å². The first-order chi connectivity index (χ1) is 16.1. The molecule has 4 rings (SSSR count). The number of carbonyl (C=O) groups excluding carboxylic acids is 2. The first-order valence-electron chi connectivity index (χ1n) is 13.1. The van der Waals surface area contributed by atoms with Gasteiger partial charge in [0.25, 0.3) is 0 Å². The fourth-order valence-electron chi connectivity index (χ4n) is 6.12. The van der Waals surface area contributed by atoms with Gasteiger partial charge >= 0.3 is 0 Å². The number of carbonyl (C=O) groups is 2. The molecule has 2 fully saturated rings. The second-order valence-corrected chi connectivity index (χ2v) is 12.0. The van der Waals surface area contributed by atoms with Crippen molar-refractivity contribution >= 4 is 11.8 Å². The third-order valence-corrected chi connectivity index (χ3v) is 8.49. The number of piperidine rings is 2. The largest absolute Gasteiger partial charge is 0.349 e. The standard InChI is InChI=1S/C28H42FN3O2/c1-20(33)32-14-8-21(9-15-32)26(34)30-25-7-10-28(24-19-22(29)5-6-23(24)25)12-17-31(18-13-28)16-11-27(2,3)4/h5-6,19,21,25H,7-18H2,1-4H3,(H,30,34)/t25-/m0/s1. The van der Waals surface area contributed by atoms with E-state index in [1.54, 1.807) is 19.1 Å². The van der Waals surface area contributed by atoms with Crippen LogP contribution < -0.4 is 5.32 Å². The molecule has 1 aromatic carbocycles. The number of fused-ring (bicyclic) bond motifs is 2. The highest BCUT2D eigenvalue weighted by molar-refractivity contribution is 5.80. The van der Waals surface area contributed by atoms with Gasteiger partial charge < -0.3 is 15.1 Å². The summed E-state index contributed by atoms with van der Waals surface area (Å²) in [6.45, 7) is 13.0. The molecule has 1 N–H and O–H groups in total. The molecule has 2 saturated heterocycles.